The Bertz CT molecular complexity index is 451. The van der Waals surface area contributed by atoms with Gasteiger partial charge in [-0.05, 0) is 26.1 Å². The highest BCUT2D eigenvalue weighted by Gasteiger charge is 2.19. The Morgan fingerprint density at radius 2 is 2.11 bits per heavy atom. The molecule has 0 aliphatic heterocycles. The fourth-order valence-corrected chi connectivity index (χ4v) is 2.17. The summed E-state index contributed by atoms with van der Waals surface area (Å²) in [5.74, 6) is -0.366. The lowest BCUT2D eigenvalue weighted by molar-refractivity contribution is -0.142. The molecule has 0 saturated heterocycles. The number of nitrogens with zero attached hydrogens (tertiary/aromatic N) is 1. The predicted molar refractivity (Wildman–Crippen MR) is 71.6 cm³/mol. The van der Waals surface area contributed by atoms with Gasteiger partial charge in [0.2, 0.25) is 0 Å². The summed E-state index contributed by atoms with van der Waals surface area (Å²) in [6.07, 6.45) is 0. The van der Waals surface area contributed by atoms with Crippen LogP contribution in [-0.4, -0.2) is 36.2 Å². The van der Waals surface area contributed by atoms with Crippen LogP contribution in [0.2, 0.25) is 10.0 Å². The minimum atomic E-state index is -0.885. The van der Waals surface area contributed by atoms with E-state index in [1.165, 1.54) is 7.11 Å². The molecule has 0 radical (unpaired) electrons. The van der Waals surface area contributed by atoms with E-state index in [9.17, 15) is 4.79 Å². The Hall–Kier alpha value is -0.970. The number of benzene rings is 1. The molecule has 0 saturated carbocycles. The number of likely N-dealkylation sites (N-methyl/N-ethyl adjacent to an activating group) is 1. The zero-order valence-electron chi connectivity index (χ0n) is 10.4. The van der Waals surface area contributed by atoms with E-state index in [0.29, 0.717) is 22.3 Å². The fourth-order valence-electron chi connectivity index (χ4n) is 1.55. The maximum atomic E-state index is 10.9. The highest BCUT2D eigenvalue weighted by atomic mass is 35.5. The average Bonchev–Trinajstić information content (AvgIpc) is 2.27. The molecule has 0 aromatic heterocycles. The van der Waals surface area contributed by atoms with Crippen molar-refractivity contribution in [2.75, 3.05) is 14.2 Å². The zero-order chi connectivity index (χ0) is 13.9. The molecule has 0 amide bonds. The molecule has 18 heavy (non-hydrogen) atoms. The Morgan fingerprint density at radius 3 is 2.61 bits per heavy atom. The van der Waals surface area contributed by atoms with Crippen molar-refractivity contribution in [2.45, 2.75) is 19.5 Å². The highest BCUT2D eigenvalue weighted by Crippen LogP contribution is 2.33. The summed E-state index contributed by atoms with van der Waals surface area (Å²) >= 11 is 11.9. The lowest BCUT2D eigenvalue weighted by atomic mass is 10.1. The first-order chi connectivity index (χ1) is 8.36. The van der Waals surface area contributed by atoms with E-state index in [1.807, 2.05) is 0 Å². The number of aliphatic carboxylic acids is 1. The number of carboxylic acid groups (broad SMARTS) is 1. The van der Waals surface area contributed by atoms with Crippen LogP contribution in [0.3, 0.4) is 0 Å². The lowest BCUT2D eigenvalue weighted by Crippen LogP contribution is -2.35. The van der Waals surface area contributed by atoms with E-state index in [0.717, 1.165) is 5.56 Å². The van der Waals surface area contributed by atoms with Gasteiger partial charge in [0.15, 0.2) is 0 Å². The van der Waals surface area contributed by atoms with Crippen LogP contribution in [0.15, 0.2) is 12.1 Å². The second kappa shape index (κ2) is 6.27. The van der Waals surface area contributed by atoms with Crippen molar-refractivity contribution in [1.29, 1.82) is 0 Å². The summed E-state index contributed by atoms with van der Waals surface area (Å²) in [5, 5.41) is 9.85. The SMILES string of the molecule is COc1c(Cl)cc(Cl)cc1CN(C)C(C)C(=O)O. The summed E-state index contributed by atoms with van der Waals surface area (Å²) in [6.45, 7) is 2.00. The van der Waals surface area contributed by atoms with Crippen molar-refractivity contribution >= 4 is 29.2 Å². The van der Waals surface area contributed by atoms with Crippen LogP contribution in [0.25, 0.3) is 0 Å². The van der Waals surface area contributed by atoms with E-state index in [1.54, 1.807) is 31.0 Å². The standard InChI is InChI=1S/C12H15Cl2NO3/c1-7(12(16)17)15(2)6-8-4-9(13)5-10(14)11(8)18-3/h4-5,7H,6H2,1-3H3,(H,16,17). The van der Waals surface area contributed by atoms with Crippen molar-refractivity contribution < 1.29 is 14.6 Å². The smallest absolute Gasteiger partial charge is 0.320 e. The van der Waals surface area contributed by atoms with Crippen molar-refractivity contribution in [3.05, 3.63) is 27.7 Å². The molecular formula is C12H15Cl2NO3. The van der Waals surface area contributed by atoms with E-state index in [2.05, 4.69) is 0 Å². The molecule has 6 heteroatoms. The van der Waals surface area contributed by atoms with Crippen LogP contribution in [-0.2, 0) is 11.3 Å². The van der Waals surface area contributed by atoms with Crippen LogP contribution in [0.5, 0.6) is 5.75 Å². The first-order valence-corrected chi connectivity index (χ1v) is 6.07. The number of carboxylic acids is 1. The molecule has 0 spiro atoms. The summed E-state index contributed by atoms with van der Waals surface area (Å²) in [4.78, 5) is 12.6. The van der Waals surface area contributed by atoms with Gasteiger partial charge in [0, 0.05) is 17.1 Å². The highest BCUT2D eigenvalue weighted by molar-refractivity contribution is 6.35. The van der Waals surface area contributed by atoms with Crippen molar-refractivity contribution in [3.63, 3.8) is 0 Å². The molecule has 0 aliphatic carbocycles. The fraction of sp³-hybridized carbons (Fsp3) is 0.417. The third-order valence-electron chi connectivity index (χ3n) is 2.73. The molecule has 0 fully saturated rings. The van der Waals surface area contributed by atoms with Crippen molar-refractivity contribution in [2.24, 2.45) is 0 Å². The number of hydrogen-bond acceptors (Lipinski definition) is 3. The molecule has 0 bridgehead atoms. The van der Waals surface area contributed by atoms with Gasteiger partial charge in [0.25, 0.3) is 0 Å². The molecule has 1 atom stereocenters. The van der Waals surface area contributed by atoms with Crippen molar-refractivity contribution in [3.8, 4) is 5.75 Å². The van der Waals surface area contributed by atoms with Crippen LogP contribution in [0.1, 0.15) is 12.5 Å². The number of halogens is 2. The summed E-state index contributed by atoms with van der Waals surface area (Å²) in [7, 11) is 3.23. The van der Waals surface area contributed by atoms with Gasteiger partial charge in [-0.15, -0.1) is 0 Å². The van der Waals surface area contributed by atoms with Gasteiger partial charge in [0.1, 0.15) is 11.8 Å². The molecule has 0 heterocycles. The molecule has 1 aromatic carbocycles. The molecule has 1 rings (SSSR count). The topological polar surface area (TPSA) is 49.8 Å². The largest absolute Gasteiger partial charge is 0.495 e. The number of ether oxygens (including phenoxy) is 1. The van der Waals surface area contributed by atoms with Crippen LogP contribution in [0, 0.1) is 0 Å². The van der Waals surface area contributed by atoms with E-state index in [-0.39, 0.29) is 0 Å². The van der Waals surface area contributed by atoms with Gasteiger partial charge in [-0.2, -0.15) is 0 Å². The van der Waals surface area contributed by atoms with Gasteiger partial charge in [0.05, 0.1) is 12.1 Å². The molecule has 1 aromatic rings. The molecule has 1 N–H and O–H groups in total. The lowest BCUT2D eigenvalue weighted by Gasteiger charge is -2.22. The second-order valence-electron chi connectivity index (χ2n) is 4.01. The Kier molecular flexibility index (Phi) is 5.26. The minimum absolute atomic E-state index is 0.386. The van der Waals surface area contributed by atoms with Crippen molar-refractivity contribution in [1.82, 2.24) is 4.90 Å². The van der Waals surface area contributed by atoms with Gasteiger partial charge >= 0.3 is 5.97 Å². The van der Waals surface area contributed by atoms with Gasteiger partial charge in [-0.25, -0.2) is 0 Å². The Labute approximate surface area is 116 Å². The van der Waals surface area contributed by atoms with Gasteiger partial charge in [-0.3, -0.25) is 9.69 Å². The summed E-state index contributed by atoms with van der Waals surface area (Å²) in [6, 6.07) is 2.70. The maximum Gasteiger partial charge on any atom is 0.320 e. The van der Waals surface area contributed by atoms with Crippen LogP contribution >= 0.6 is 23.2 Å². The van der Waals surface area contributed by atoms with E-state index >= 15 is 0 Å². The second-order valence-corrected chi connectivity index (χ2v) is 4.85. The normalized spacial score (nSPS) is 12.6. The molecule has 1 unspecified atom stereocenters. The Morgan fingerprint density at radius 1 is 1.50 bits per heavy atom. The minimum Gasteiger partial charge on any atom is -0.495 e. The first-order valence-electron chi connectivity index (χ1n) is 5.31. The predicted octanol–water partition coefficient (Wildman–Crippen LogP) is 2.91. The number of rotatable bonds is 5. The van der Waals surface area contributed by atoms with Gasteiger partial charge < -0.3 is 9.84 Å². The summed E-state index contributed by atoms with van der Waals surface area (Å²) in [5.41, 5.74) is 0.755. The monoisotopic (exact) mass is 291 g/mol. The van der Waals surface area contributed by atoms with Gasteiger partial charge in [-0.1, -0.05) is 23.2 Å². The third kappa shape index (κ3) is 3.51. The number of hydrogen-bond donors (Lipinski definition) is 1. The molecule has 0 aliphatic rings. The quantitative estimate of drug-likeness (QED) is 0.906. The number of methoxy groups -OCH3 is 1. The van der Waals surface area contributed by atoms with E-state index < -0.39 is 12.0 Å². The number of carbonyl (C=O) groups is 1. The average molecular weight is 292 g/mol. The molecule has 100 valence electrons. The van der Waals surface area contributed by atoms with Crippen LogP contribution < -0.4 is 4.74 Å². The summed E-state index contributed by atoms with van der Waals surface area (Å²) < 4.78 is 5.21. The maximum absolute atomic E-state index is 10.9. The molecule has 4 nitrogen and oxygen atoms in total. The third-order valence-corrected chi connectivity index (χ3v) is 3.23. The van der Waals surface area contributed by atoms with E-state index in [4.69, 9.17) is 33.0 Å². The van der Waals surface area contributed by atoms with Crippen LogP contribution in [0.4, 0.5) is 0 Å². The molecular weight excluding hydrogens is 277 g/mol. The Balaban J connectivity index is 3.00. The zero-order valence-corrected chi connectivity index (χ0v) is 11.9. The first kappa shape index (κ1) is 15.1.